The molecule has 0 bridgehead atoms. The van der Waals surface area contributed by atoms with Crippen molar-refractivity contribution >= 4 is 44.3 Å². The molecule has 1 N–H and O–H groups in total. The fourth-order valence-electron chi connectivity index (χ4n) is 5.26. The molecule has 182 valence electrons. The lowest BCUT2D eigenvalue weighted by molar-refractivity contribution is 0.0512. The molecule has 2 fully saturated rings. The number of hydrogen-bond acceptors (Lipinski definition) is 7. The molecular weight excluding hydrogens is 483 g/mol. The van der Waals surface area contributed by atoms with E-state index in [4.69, 9.17) is 15.9 Å². The van der Waals surface area contributed by atoms with Gasteiger partial charge >= 0.3 is 6.09 Å². The van der Waals surface area contributed by atoms with E-state index in [1.54, 1.807) is 18.3 Å². The van der Waals surface area contributed by atoms with E-state index < -0.39 is 11.9 Å². The summed E-state index contributed by atoms with van der Waals surface area (Å²) in [6.45, 7) is 1.11. The number of likely N-dealkylation sites (tertiary alicyclic amines) is 1. The van der Waals surface area contributed by atoms with Crippen molar-refractivity contribution in [2.75, 3.05) is 31.9 Å². The summed E-state index contributed by atoms with van der Waals surface area (Å²) in [5.74, 6) is 2.65. The van der Waals surface area contributed by atoms with Crippen LogP contribution in [0, 0.1) is 18.2 Å². The van der Waals surface area contributed by atoms with Gasteiger partial charge in [0.2, 0.25) is 0 Å². The minimum Gasteiger partial charge on any atom is -0.468 e. The minimum absolute atomic E-state index is 0.0416. The first-order valence-electron chi connectivity index (χ1n) is 11.4. The minimum atomic E-state index is -0.899. The number of ether oxygens (including phenoxy) is 2. The van der Waals surface area contributed by atoms with E-state index in [2.05, 4.69) is 20.2 Å². The van der Waals surface area contributed by atoms with Gasteiger partial charge in [0.05, 0.1) is 17.5 Å². The summed E-state index contributed by atoms with van der Waals surface area (Å²) in [7, 11) is 1.53. The molecule has 0 aliphatic carbocycles. The van der Waals surface area contributed by atoms with Crippen LogP contribution >= 0.6 is 11.5 Å². The van der Waals surface area contributed by atoms with E-state index in [1.807, 2.05) is 18.2 Å². The van der Waals surface area contributed by atoms with Crippen molar-refractivity contribution in [3.05, 3.63) is 47.9 Å². The molecule has 2 aliphatic rings. The lowest BCUT2D eigenvalue weighted by atomic mass is 9.96. The Morgan fingerprint density at radius 2 is 2.22 bits per heavy atom. The number of pyridine rings is 1. The number of rotatable bonds is 5. The summed E-state index contributed by atoms with van der Waals surface area (Å²) in [5.41, 5.74) is 1.50. The number of aromatic nitrogens is 2. The highest BCUT2D eigenvalue weighted by atomic mass is 32.1. The zero-order valence-corrected chi connectivity index (χ0v) is 20.1. The van der Waals surface area contributed by atoms with Gasteiger partial charge in [-0.3, -0.25) is 4.98 Å². The number of amides is 1. The predicted molar refractivity (Wildman–Crippen MR) is 135 cm³/mol. The van der Waals surface area contributed by atoms with Crippen molar-refractivity contribution in [2.45, 2.75) is 18.5 Å². The Morgan fingerprint density at radius 1 is 1.36 bits per heavy atom. The van der Waals surface area contributed by atoms with Crippen molar-refractivity contribution in [2.24, 2.45) is 0 Å². The van der Waals surface area contributed by atoms with Gasteiger partial charge < -0.3 is 24.4 Å². The molecular formula is C26H21FN4O4S. The van der Waals surface area contributed by atoms with Crippen LogP contribution < -0.4 is 9.64 Å². The number of nitrogens with zero attached hydrogens (tertiary/aromatic N) is 4. The molecule has 10 heteroatoms. The van der Waals surface area contributed by atoms with Gasteiger partial charge in [-0.1, -0.05) is 18.1 Å². The Bertz CT molecular complexity index is 1570. The number of carbonyl (C=O) groups is 1. The number of carboxylic acid groups (broad SMARTS) is 1. The quantitative estimate of drug-likeness (QED) is 0.315. The first-order valence-corrected chi connectivity index (χ1v) is 12.1. The number of methoxy groups -OCH3 is 1. The molecule has 2 aromatic heterocycles. The second-order valence-corrected chi connectivity index (χ2v) is 9.54. The third kappa shape index (κ3) is 3.35. The van der Waals surface area contributed by atoms with Gasteiger partial charge in [0.1, 0.15) is 22.0 Å². The summed E-state index contributed by atoms with van der Waals surface area (Å²) in [6.07, 6.45) is 7.24. The van der Waals surface area contributed by atoms with Crippen LogP contribution in [-0.2, 0) is 4.74 Å². The van der Waals surface area contributed by atoms with E-state index in [0.29, 0.717) is 40.7 Å². The zero-order valence-electron chi connectivity index (χ0n) is 19.3. The highest BCUT2D eigenvalue weighted by molar-refractivity contribution is 7.11. The maximum absolute atomic E-state index is 16.0. The van der Waals surface area contributed by atoms with Crippen LogP contribution in [0.4, 0.5) is 14.2 Å². The van der Waals surface area contributed by atoms with Crippen molar-refractivity contribution in [3.63, 3.8) is 0 Å². The normalized spacial score (nSPS) is 18.8. The Morgan fingerprint density at radius 3 is 3.00 bits per heavy atom. The van der Waals surface area contributed by atoms with Crippen LogP contribution in [0.5, 0.6) is 5.75 Å². The molecule has 0 saturated carbocycles. The standard InChI is InChI=1S/C26H21FN4O4S/c1-3-14-5-4-6-15-9-16(35-13-34-2)10-17(21(14)15)23-22(27)24-18(11-28-23)25(36-29-24)31-12-20-19(31)7-8-30(20)26(32)33/h1,4-6,9-11,19-20H,7-8,12-13H2,2H3,(H,32,33)/t19-,20-/m1/s1. The monoisotopic (exact) mass is 504 g/mol. The molecule has 2 aliphatic heterocycles. The zero-order chi connectivity index (χ0) is 25.0. The Hall–Kier alpha value is -3.94. The molecule has 4 aromatic rings. The summed E-state index contributed by atoms with van der Waals surface area (Å²) >= 11 is 1.21. The molecule has 2 aromatic carbocycles. The van der Waals surface area contributed by atoms with Gasteiger partial charge in [-0.25, -0.2) is 9.18 Å². The highest BCUT2D eigenvalue weighted by Crippen LogP contribution is 2.44. The van der Waals surface area contributed by atoms with E-state index in [1.165, 1.54) is 23.5 Å². The second kappa shape index (κ2) is 8.62. The molecule has 6 rings (SSSR count). The largest absolute Gasteiger partial charge is 0.468 e. The maximum atomic E-state index is 16.0. The van der Waals surface area contributed by atoms with Gasteiger partial charge in [0.25, 0.3) is 0 Å². The number of anilines is 1. The maximum Gasteiger partial charge on any atom is 0.407 e. The molecule has 36 heavy (non-hydrogen) atoms. The van der Waals surface area contributed by atoms with Gasteiger partial charge in [0.15, 0.2) is 12.6 Å². The Balaban J connectivity index is 1.44. The average molecular weight is 505 g/mol. The SMILES string of the molecule is C#Cc1cccc2cc(OCOC)cc(-c3ncc4c(N5C[C@@H]6[C@H]5CCN6C(=O)O)snc4c3F)c12. The highest BCUT2D eigenvalue weighted by Gasteiger charge is 2.49. The smallest absolute Gasteiger partial charge is 0.407 e. The average Bonchev–Trinajstić information content (AvgIpc) is 3.44. The molecule has 2 saturated heterocycles. The molecule has 2 atom stereocenters. The molecule has 8 nitrogen and oxygen atoms in total. The Labute approximate surface area is 210 Å². The van der Waals surface area contributed by atoms with Gasteiger partial charge in [0, 0.05) is 42.9 Å². The summed E-state index contributed by atoms with van der Waals surface area (Å²) in [6, 6.07) is 9.12. The van der Waals surface area contributed by atoms with E-state index in [9.17, 15) is 9.90 Å². The molecule has 0 spiro atoms. The van der Waals surface area contributed by atoms with Crippen molar-refractivity contribution < 1.29 is 23.8 Å². The molecule has 0 radical (unpaired) electrons. The second-order valence-electron chi connectivity index (χ2n) is 8.79. The number of halogens is 1. The topological polar surface area (TPSA) is 88.0 Å². The van der Waals surface area contributed by atoms with Crippen LogP contribution in [0.1, 0.15) is 12.0 Å². The summed E-state index contributed by atoms with van der Waals surface area (Å²) in [4.78, 5) is 19.6. The number of terminal acetylenes is 1. The van der Waals surface area contributed by atoms with Crippen molar-refractivity contribution in [1.82, 2.24) is 14.3 Å². The van der Waals surface area contributed by atoms with Crippen LogP contribution in [0.2, 0.25) is 0 Å². The van der Waals surface area contributed by atoms with Crippen LogP contribution in [0.15, 0.2) is 36.5 Å². The predicted octanol–water partition coefficient (Wildman–Crippen LogP) is 4.56. The van der Waals surface area contributed by atoms with Crippen LogP contribution in [-0.4, -0.2) is 64.5 Å². The number of fused-ring (bicyclic) bond motifs is 3. The van der Waals surface area contributed by atoms with Crippen LogP contribution in [0.3, 0.4) is 0 Å². The van der Waals surface area contributed by atoms with Gasteiger partial charge in [-0.2, -0.15) is 4.37 Å². The van der Waals surface area contributed by atoms with E-state index in [-0.39, 0.29) is 30.1 Å². The molecule has 4 heterocycles. The third-order valence-electron chi connectivity index (χ3n) is 6.95. The number of hydrogen-bond donors (Lipinski definition) is 1. The number of benzene rings is 2. The summed E-state index contributed by atoms with van der Waals surface area (Å²) < 4.78 is 31.1. The third-order valence-corrected chi connectivity index (χ3v) is 7.85. The lowest BCUT2D eigenvalue weighted by Gasteiger charge is -2.46. The van der Waals surface area contributed by atoms with E-state index >= 15 is 4.39 Å². The molecule has 0 unspecified atom stereocenters. The fraction of sp³-hybridized carbons (Fsp3) is 0.269. The fourth-order valence-corrected chi connectivity index (χ4v) is 6.18. The van der Waals surface area contributed by atoms with Gasteiger partial charge in [-0.15, -0.1) is 6.42 Å². The first kappa shape index (κ1) is 22.5. The van der Waals surface area contributed by atoms with Gasteiger partial charge in [-0.05, 0) is 41.5 Å². The van der Waals surface area contributed by atoms with Crippen LogP contribution in [0.25, 0.3) is 32.9 Å². The van der Waals surface area contributed by atoms with Crippen molar-refractivity contribution in [3.8, 4) is 29.4 Å². The summed E-state index contributed by atoms with van der Waals surface area (Å²) in [5, 5.41) is 12.3. The molecule has 1 amide bonds. The first-order chi connectivity index (χ1) is 17.5. The Kier molecular flexibility index (Phi) is 5.39. The van der Waals surface area contributed by atoms with Crippen molar-refractivity contribution in [1.29, 1.82) is 0 Å². The van der Waals surface area contributed by atoms with E-state index in [0.717, 1.165) is 16.8 Å². The lowest BCUT2D eigenvalue weighted by Crippen LogP contribution is -2.62.